The molecule has 1 aromatic rings. The van der Waals surface area contributed by atoms with Crippen molar-refractivity contribution >= 4 is 11.9 Å². The van der Waals surface area contributed by atoms with E-state index in [4.69, 9.17) is 5.11 Å². The Kier molecular flexibility index (Phi) is 4.75. The van der Waals surface area contributed by atoms with Crippen LogP contribution in [0, 0.1) is 17.6 Å². The van der Waals surface area contributed by atoms with Gasteiger partial charge in [0.1, 0.15) is 5.82 Å². The first-order valence-corrected chi connectivity index (χ1v) is 8.00. The minimum Gasteiger partial charge on any atom is -0.480 e. The van der Waals surface area contributed by atoms with Crippen molar-refractivity contribution in [3.05, 3.63) is 29.6 Å². The normalized spacial score (nSPS) is 23.0. The lowest BCUT2D eigenvalue weighted by Crippen LogP contribution is -2.55. The molecule has 1 amide bonds. The minimum absolute atomic E-state index is 0.00399. The number of amides is 1. The molecule has 6 nitrogen and oxygen atoms in total. The SMILES string of the molecule is O=C(O)CN(CC1CC1)C1CC(NC(=O)c2ncc(F)cc2F)C1. The molecule has 0 bridgehead atoms. The maximum absolute atomic E-state index is 13.5. The largest absolute Gasteiger partial charge is 0.480 e. The molecule has 2 fully saturated rings. The molecule has 3 rings (SSSR count). The average Bonchev–Trinajstić information content (AvgIpc) is 3.24. The van der Waals surface area contributed by atoms with Crippen LogP contribution in [-0.4, -0.2) is 52.0 Å². The van der Waals surface area contributed by atoms with Gasteiger partial charge in [-0.3, -0.25) is 14.5 Å². The quantitative estimate of drug-likeness (QED) is 0.785. The van der Waals surface area contributed by atoms with Crippen molar-refractivity contribution in [1.29, 1.82) is 0 Å². The van der Waals surface area contributed by atoms with Gasteiger partial charge in [-0.1, -0.05) is 0 Å². The van der Waals surface area contributed by atoms with Gasteiger partial charge in [0.25, 0.3) is 5.91 Å². The number of aromatic nitrogens is 1. The molecule has 2 saturated carbocycles. The zero-order valence-corrected chi connectivity index (χ0v) is 13.0. The fourth-order valence-corrected chi connectivity index (χ4v) is 2.99. The first-order chi connectivity index (χ1) is 11.4. The van der Waals surface area contributed by atoms with Gasteiger partial charge >= 0.3 is 5.97 Å². The Labute approximate surface area is 137 Å². The van der Waals surface area contributed by atoms with E-state index < -0.39 is 29.2 Å². The number of nitrogens with zero attached hydrogens (tertiary/aromatic N) is 2. The Morgan fingerprint density at radius 1 is 1.33 bits per heavy atom. The van der Waals surface area contributed by atoms with Gasteiger partial charge in [0, 0.05) is 24.7 Å². The van der Waals surface area contributed by atoms with Gasteiger partial charge < -0.3 is 10.4 Å². The van der Waals surface area contributed by atoms with Crippen LogP contribution in [0.2, 0.25) is 0 Å². The van der Waals surface area contributed by atoms with E-state index in [1.54, 1.807) is 0 Å². The van der Waals surface area contributed by atoms with E-state index in [2.05, 4.69) is 10.3 Å². The summed E-state index contributed by atoms with van der Waals surface area (Å²) in [5.74, 6) is -2.79. The third kappa shape index (κ3) is 4.05. The summed E-state index contributed by atoms with van der Waals surface area (Å²) in [6.07, 6.45) is 4.31. The van der Waals surface area contributed by atoms with Crippen LogP contribution in [0.1, 0.15) is 36.2 Å². The monoisotopic (exact) mass is 339 g/mol. The fraction of sp³-hybridized carbons (Fsp3) is 0.562. The molecule has 0 aromatic carbocycles. The number of hydrogen-bond donors (Lipinski definition) is 2. The molecule has 0 spiro atoms. The number of aliphatic carboxylic acids is 1. The Bertz CT molecular complexity index is 645. The summed E-state index contributed by atoms with van der Waals surface area (Å²) >= 11 is 0. The molecular weight excluding hydrogens is 320 g/mol. The Morgan fingerprint density at radius 3 is 2.62 bits per heavy atom. The molecule has 2 aliphatic rings. The van der Waals surface area contributed by atoms with Crippen LogP contribution < -0.4 is 5.32 Å². The van der Waals surface area contributed by atoms with Crippen LogP contribution in [0.25, 0.3) is 0 Å². The van der Waals surface area contributed by atoms with E-state index in [0.717, 1.165) is 25.6 Å². The highest BCUT2D eigenvalue weighted by Crippen LogP contribution is 2.33. The van der Waals surface area contributed by atoms with Crippen LogP contribution in [0.5, 0.6) is 0 Å². The second kappa shape index (κ2) is 6.80. The van der Waals surface area contributed by atoms with Gasteiger partial charge in [-0.05, 0) is 31.6 Å². The lowest BCUT2D eigenvalue weighted by atomic mass is 9.85. The smallest absolute Gasteiger partial charge is 0.317 e. The number of carbonyl (C=O) groups is 2. The molecule has 0 atom stereocenters. The highest BCUT2D eigenvalue weighted by molar-refractivity contribution is 5.92. The zero-order chi connectivity index (χ0) is 17.3. The summed E-state index contributed by atoms with van der Waals surface area (Å²) in [5, 5.41) is 11.7. The van der Waals surface area contributed by atoms with Gasteiger partial charge in [-0.2, -0.15) is 0 Å². The Hall–Kier alpha value is -2.09. The Morgan fingerprint density at radius 2 is 2.04 bits per heavy atom. The molecule has 2 aliphatic carbocycles. The van der Waals surface area contributed by atoms with Crippen LogP contribution in [0.15, 0.2) is 12.3 Å². The molecule has 2 N–H and O–H groups in total. The van der Waals surface area contributed by atoms with Gasteiger partial charge in [0.2, 0.25) is 0 Å². The van der Waals surface area contributed by atoms with Crippen LogP contribution in [0.3, 0.4) is 0 Å². The van der Waals surface area contributed by atoms with Gasteiger partial charge in [0.05, 0.1) is 12.7 Å². The van der Waals surface area contributed by atoms with Crippen LogP contribution >= 0.6 is 0 Å². The third-order valence-electron chi connectivity index (χ3n) is 4.52. The van der Waals surface area contributed by atoms with E-state index in [0.29, 0.717) is 24.8 Å². The molecular formula is C16H19F2N3O3. The topological polar surface area (TPSA) is 82.5 Å². The predicted octanol–water partition coefficient (Wildman–Crippen LogP) is 1.42. The number of pyridine rings is 1. The maximum Gasteiger partial charge on any atom is 0.317 e. The van der Waals surface area contributed by atoms with Crippen molar-refractivity contribution in [3.63, 3.8) is 0 Å². The zero-order valence-electron chi connectivity index (χ0n) is 13.0. The summed E-state index contributed by atoms with van der Waals surface area (Å²) < 4.78 is 26.4. The molecule has 0 unspecified atom stereocenters. The van der Waals surface area contributed by atoms with E-state index in [1.807, 2.05) is 4.90 Å². The fourth-order valence-electron chi connectivity index (χ4n) is 2.99. The number of rotatable bonds is 7. The predicted molar refractivity (Wildman–Crippen MR) is 80.4 cm³/mol. The van der Waals surface area contributed by atoms with E-state index in [-0.39, 0.29) is 18.6 Å². The summed E-state index contributed by atoms with van der Waals surface area (Å²) in [6, 6.07) is 0.581. The second-order valence-corrected chi connectivity index (χ2v) is 6.55. The standard InChI is InChI=1S/C16H19F2N3O3/c17-10-3-13(18)15(19-6-10)16(24)20-11-4-12(5-11)21(8-14(22)23)7-9-1-2-9/h3,6,9,11-12H,1-2,4-5,7-8H2,(H,20,24)(H,22,23). The number of nitrogens with one attached hydrogen (secondary N) is 1. The average molecular weight is 339 g/mol. The van der Waals surface area contributed by atoms with Crippen molar-refractivity contribution in [2.45, 2.75) is 37.8 Å². The molecule has 8 heteroatoms. The summed E-state index contributed by atoms with van der Waals surface area (Å²) in [7, 11) is 0. The minimum atomic E-state index is -0.996. The molecule has 0 aliphatic heterocycles. The van der Waals surface area contributed by atoms with Gasteiger partial charge in [-0.15, -0.1) is 0 Å². The van der Waals surface area contributed by atoms with Crippen LogP contribution in [-0.2, 0) is 4.79 Å². The van der Waals surface area contributed by atoms with E-state index >= 15 is 0 Å². The molecule has 130 valence electrons. The first-order valence-electron chi connectivity index (χ1n) is 8.00. The summed E-state index contributed by atoms with van der Waals surface area (Å²) in [6.45, 7) is 0.766. The van der Waals surface area contributed by atoms with Gasteiger partial charge in [-0.25, -0.2) is 13.8 Å². The summed E-state index contributed by atoms with van der Waals surface area (Å²) in [5.41, 5.74) is -0.430. The molecule has 0 radical (unpaired) electrons. The number of halogens is 2. The molecule has 1 aromatic heterocycles. The highest BCUT2D eigenvalue weighted by Gasteiger charge is 2.38. The van der Waals surface area contributed by atoms with Crippen molar-refractivity contribution in [2.75, 3.05) is 13.1 Å². The van der Waals surface area contributed by atoms with Crippen molar-refractivity contribution < 1.29 is 23.5 Å². The number of carbonyl (C=O) groups excluding carboxylic acids is 1. The van der Waals surface area contributed by atoms with Crippen molar-refractivity contribution in [1.82, 2.24) is 15.2 Å². The molecule has 1 heterocycles. The summed E-state index contributed by atoms with van der Waals surface area (Å²) in [4.78, 5) is 28.4. The number of hydrogen-bond acceptors (Lipinski definition) is 4. The van der Waals surface area contributed by atoms with E-state index in [9.17, 15) is 18.4 Å². The Balaban J connectivity index is 1.51. The van der Waals surface area contributed by atoms with E-state index in [1.165, 1.54) is 0 Å². The lowest BCUT2D eigenvalue weighted by Gasteiger charge is -2.42. The number of carboxylic acids is 1. The third-order valence-corrected chi connectivity index (χ3v) is 4.52. The molecule has 0 saturated heterocycles. The first kappa shape index (κ1) is 16.8. The van der Waals surface area contributed by atoms with Gasteiger partial charge in [0.15, 0.2) is 11.5 Å². The highest BCUT2D eigenvalue weighted by atomic mass is 19.1. The second-order valence-electron chi connectivity index (χ2n) is 6.55. The maximum atomic E-state index is 13.5. The van der Waals surface area contributed by atoms with Crippen LogP contribution in [0.4, 0.5) is 8.78 Å². The number of carboxylic acid groups (broad SMARTS) is 1. The van der Waals surface area contributed by atoms with Crippen molar-refractivity contribution in [2.24, 2.45) is 5.92 Å². The lowest BCUT2D eigenvalue weighted by molar-refractivity contribution is -0.139. The van der Waals surface area contributed by atoms with Crippen molar-refractivity contribution in [3.8, 4) is 0 Å². The molecule has 24 heavy (non-hydrogen) atoms.